The predicted octanol–water partition coefficient (Wildman–Crippen LogP) is -0.0178. The van der Waals surface area contributed by atoms with Crippen molar-refractivity contribution in [2.75, 3.05) is 6.61 Å². The molecule has 8 heteroatoms. The summed E-state index contributed by atoms with van der Waals surface area (Å²) < 4.78 is 7.06. The van der Waals surface area contributed by atoms with E-state index in [4.69, 9.17) is 4.74 Å². The zero-order valence-electron chi connectivity index (χ0n) is 13.8. The Balaban J connectivity index is 2.14. The number of hydrogen-bond acceptors (Lipinski definition) is 6. The largest absolute Gasteiger partial charge is 0.394 e. The number of aliphatic hydroxyl groups is 2. The van der Waals surface area contributed by atoms with Crippen LogP contribution in [0.1, 0.15) is 28.6 Å². The van der Waals surface area contributed by atoms with E-state index in [1.54, 1.807) is 18.2 Å². The van der Waals surface area contributed by atoms with Gasteiger partial charge in [-0.25, -0.2) is 4.79 Å². The van der Waals surface area contributed by atoms with Gasteiger partial charge >= 0.3 is 5.69 Å². The number of ether oxygens (including phenoxy) is 1. The molecule has 2 N–H and O–H groups in total. The van der Waals surface area contributed by atoms with E-state index in [0.717, 1.165) is 4.57 Å². The first-order valence-electron chi connectivity index (χ1n) is 8.02. The molecule has 136 valence electrons. The monoisotopic (exact) mass is 358 g/mol. The van der Waals surface area contributed by atoms with Gasteiger partial charge in [-0.3, -0.25) is 14.2 Å². The number of aliphatic hydroxyl groups excluding tert-OH is 2. The van der Waals surface area contributed by atoms with Gasteiger partial charge in [0.1, 0.15) is 12.3 Å². The number of hydrogen-bond donors (Lipinski definition) is 2. The highest BCUT2D eigenvalue weighted by molar-refractivity contribution is 5.95. The summed E-state index contributed by atoms with van der Waals surface area (Å²) in [6, 6.07) is 7.95. The molecule has 0 bridgehead atoms. The van der Waals surface area contributed by atoms with Crippen LogP contribution in [0.15, 0.2) is 52.7 Å². The molecule has 0 radical (unpaired) electrons. The SMILES string of the molecule is C=Cc1cn([C@@H]2CC(O)[C@H](CO)O2)c(=O)n(C(=O)c2ccccc2)c1=O. The van der Waals surface area contributed by atoms with Crippen molar-refractivity contribution in [2.24, 2.45) is 0 Å². The van der Waals surface area contributed by atoms with E-state index in [-0.39, 0.29) is 17.5 Å². The fourth-order valence-electron chi connectivity index (χ4n) is 2.88. The summed E-state index contributed by atoms with van der Waals surface area (Å²) in [7, 11) is 0. The standard InChI is InChI=1S/C18H18N2O6/c1-2-11-9-19(15-8-13(22)14(10-21)26-15)18(25)20(16(11)23)17(24)12-6-4-3-5-7-12/h2-7,9,13-15,21-22H,1,8,10H2/t13?,14-,15-/m0/s1. The molecule has 1 aromatic heterocycles. The Bertz CT molecular complexity index is 946. The maximum Gasteiger partial charge on any atom is 0.340 e. The van der Waals surface area contributed by atoms with E-state index in [1.165, 1.54) is 24.4 Å². The molecule has 26 heavy (non-hydrogen) atoms. The van der Waals surface area contributed by atoms with Crippen LogP contribution in [0.25, 0.3) is 6.08 Å². The Labute approximate surface area is 148 Å². The number of benzene rings is 1. The van der Waals surface area contributed by atoms with Crippen molar-refractivity contribution in [3.63, 3.8) is 0 Å². The van der Waals surface area contributed by atoms with E-state index in [0.29, 0.717) is 4.57 Å². The van der Waals surface area contributed by atoms with Crippen LogP contribution in [-0.4, -0.2) is 44.1 Å². The molecule has 0 amide bonds. The van der Waals surface area contributed by atoms with Gasteiger partial charge in [-0.1, -0.05) is 30.9 Å². The van der Waals surface area contributed by atoms with Crippen molar-refractivity contribution < 1.29 is 19.7 Å². The van der Waals surface area contributed by atoms with Crippen LogP contribution >= 0.6 is 0 Å². The van der Waals surface area contributed by atoms with Crippen molar-refractivity contribution in [1.82, 2.24) is 9.13 Å². The minimum atomic E-state index is -0.964. The van der Waals surface area contributed by atoms with Crippen LogP contribution < -0.4 is 11.2 Å². The molecule has 0 aliphatic carbocycles. The molecule has 1 aromatic carbocycles. The third-order valence-electron chi connectivity index (χ3n) is 4.28. The van der Waals surface area contributed by atoms with Gasteiger partial charge in [-0.05, 0) is 12.1 Å². The number of carbonyl (C=O) groups excluding carboxylic acids is 1. The fourth-order valence-corrected chi connectivity index (χ4v) is 2.88. The van der Waals surface area contributed by atoms with Crippen LogP contribution in [-0.2, 0) is 4.74 Å². The molecule has 1 aliphatic rings. The smallest absolute Gasteiger partial charge is 0.340 e. The average Bonchev–Trinajstić information content (AvgIpc) is 3.03. The van der Waals surface area contributed by atoms with Crippen LogP contribution in [0.2, 0.25) is 0 Å². The maximum absolute atomic E-state index is 12.8. The van der Waals surface area contributed by atoms with Crippen LogP contribution in [0, 0.1) is 0 Å². The lowest BCUT2D eigenvalue weighted by Gasteiger charge is -2.17. The molecule has 0 spiro atoms. The van der Waals surface area contributed by atoms with Crippen molar-refractivity contribution in [1.29, 1.82) is 0 Å². The lowest BCUT2D eigenvalue weighted by molar-refractivity contribution is -0.0462. The number of carbonyl (C=O) groups is 1. The Morgan fingerprint density at radius 2 is 2.00 bits per heavy atom. The molecule has 0 saturated carbocycles. The second-order valence-corrected chi connectivity index (χ2v) is 5.90. The van der Waals surface area contributed by atoms with Gasteiger partial charge in [0, 0.05) is 18.2 Å². The van der Waals surface area contributed by atoms with Crippen LogP contribution in [0.3, 0.4) is 0 Å². The lowest BCUT2D eigenvalue weighted by atomic mass is 10.2. The molecule has 3 rings (SSSR count). The van der Waals surface area contributed by atoms with E-state index < -0.39 is 42.2 Å². The minimum absolute atomic E-state index is 0.0411. The Kier molecular flexibility index (Phi) is 4.99. The molecule has 1 unspecified atom stereocenters. The second kappa shape index (κ2) is 7.20. The third-order valence-corrected chi connectivity index (χ3v) is 4.28. The molecule has 2 heterocycles. The lowest BCUT2D eigenvalue weighted by Crippen LogP contribution is -2.45. The quantitative estimate of drug-likeness (QED) is 0.795. The zero-order chi connectivity index (χ0) is 18.8. The summed E-state index contributed by atoms with van der Waals surface area (Å²) in [5, 5.41) is 19.1. The molecule has 3 atom stereocenters. The van der Waals surface area contributed by atoms with Crippen molar-refractivity contribution in [3.05, 3.63) is 75.1 Å². The Morgan fingerprint density at radius 1 is 1.31 bits per heavy atom. The van der Waals surface area contributed by atoms with Gasteiger partial charge in [0.25, 0.3) is 11.5 Å². The molecular weight excluding hydrogens is 340 g/mol. The third kappa shape index (κ3) is 3.05. The zero-order valence-corrected chi connectivity index (χ0v) is 13.8. The average molecular weight is 358 g/mol. The Hall–Kier alpha value is -2.81. The summed E-state index contributed by atoms with van der Waals surface area (Å²) in [5.41, 5.74) is -1.45. The van der Waals surface area contributed by atoms with Gasteiger partial charge in [0.15, 0.2) is 0 Å². The summed E-state index contributed by atoms with van der Waals surface area (Å²) >= 11 is 0. The molecule has 1 saturated heterocycles. The van der Waals surface area contributed by atoms with E-state index in [1.807, 2.05) is 0 Å². The van der Waals surface area contributed by atoms with Gasteiger partial charge < -0.3 is 14.9 Å². The first-order valence-corrected chi connectivity index (χ1v) is 8.02. The van der Waals surface area contributed by atoms with Crippen LogP contribution in [0.5, 0.6) is 0 Å². The summed E-state index contributed by atoms with van der Waals surface area (Å²) in [4.78, 5) is 38.0. The van der Waals surface area contributed by atoms with Gasteiger partial charge in [0.2, 0.25) is 0 Å². The van der Waals surface area contributed by atoms with Gasteiger partial charge in [0.05, 0.1) is 18.3 Å². The highest BCUT2D eigenvalue weighted by Gasteiger charge is 2.35. The summed E-state index contributed by atoms with van der Waals surface area (Å²) in [5.74, 6) is -0.768. The topological polar surface area (TPSA) is 111 Å². The number of aromatic nitrogens is 2. The highest BCUT2D eigenvalue weighted by Crippen LogP contribution is 2.27. The molecular formula is C18H18N2O6. The molecule has 1 aliphatic heterocycles. The Morgan fingerprint density at radius 3 is 2.58 bits per heavy atom. The minimum Gasteiger partial charge on any atom is -0.394 e. The molecule has 1 fully saturated rings. The first kappa shape index (κ1) is 18.0. The van der Waals surface area contributed by atoms with Crippen LogP contribution in [0.4, 0.5) is 0 Å². The van der Waals surface area contributed by atoms with Crippen molar-refractivity contribution in [2.45, 2.75) is 24.9 Å². The highest BCUT2D eigenvalue weighted by atomic mass is 16.5. The number of rotatable bonds is 4. The van der Waals surface area contributed by atoms with Crippen molar-refractivity contribution >= 4 is 12.0 Å². The van der Waals surface area contributed by atoms with Crippen molar-refractivity contribution in [3.8, 4) is 0 Å². The maximum atomic E-state index is 12.8. The van der Waals surface area contributed by atoms with E-state index in [9.17, 15) is 24.6 Å². The summed E-state index contributed by atoms with van der Waals surface area (Å²) in [6.07, 6.45) is -0.201. The van der Waals surface area contributed by atoms with E-state index >= 15 is 0 Å². The summed E-state index contributed by atoms with van der Waals surface area (Å²) in [6.45, 7) is 3.12. The second-order valence-electron chi connectivity index (χ2n) is 5.90. The van der Waals surface area contributed by atoms with Gasteiger partial charge in [-0.2, -0.15) is 4.57 Å². The normalized spacial score (nSPS) is 22.3. The molecule has 2 aromatic rings. The fraction of sp³-hybridized carbons (Fsp3) is 0.278. The number of nitrogens with zero attached hydrogens (tertiary/aromatic N) is 2. The first-order chi connectivity index (χ1) is 12.5. The molecule has 8 nitrogen and oxygen atoms in total. The predicted molar refractivity (Wildman–Crippen MR) is 92.8 cm³/mol. The van der Waals surface area contributed by atoms with Gasteiger partial charge in [-0.15, -0.1) is 0 Å². The van der Waals surface area contributed by atoms with E-state index in [2.05, 4.69) is 6.58 Å².